The molecule has 1 aromatic rings. The van der Waals surface area contributed by atoms with Crippen LogP contribution in [0.1, 0.15) is 18.4 Å². The van der Waals surface area contributed by atoms with E-state index in [0.717, 1.165) is 11.4 Å². The van der Waals surface area contributed by atoms with Crippen molar-refractivity contribution in [1.29, 1.82) is 0 Å². The van der Waals surface area contributed by atoms with Crippen molar-refractivity contribution in [3.63, 3.8) is 0 Å². The Bertz CT molecular complexity index is 309. The fourth-order valence-corrected chi connectivity index (χ4v) is 1.66. The lowest BCUT2D eigenvalue weighted by Crippen LogP contribution is -2.29. The van der Waals surface area contributed by atoms with Crippen molar-refractivity contribution < 1.29 is 10.2 Å². The molecule has 0 atom stereocenters. The number of aliphatic hydroxyl groups is 2. The van der Waals surface area contributed by atoms with Gasteiger partial charge in [-0.25, -0.2) is 4.98 Å². The van der Waals surface area contributed by atoms with Gasteiger partial charge in [0, 0.05) is 18.8 Å². The lowest BCUT2D eigenvalue weighted by atomic mass is 10.3. The van der Waals surface area contributed by atoms with Crippen LogP contribution in [-0.2, 0) is 6.61 Å². The molecule has 1 aliphatic carbocycles. The van der Waals surface area contributed by atoms with Crippen molar-refractivity contribution in [2.24, 2.45) is 0 Å². The van der Waals surface area contributed by atoms with E-state index in [1.54, 1.807) is 6.20 Å². The molecule has 0 amide bonds. The quantitative estimate of drug-likeness (QED) is 0.741. The van der Waals surface area contributed by atoms with E-state index in [1.807, 2.05) is 12.1 Å². The van der Waals surface area contributed by atoms with E-state index in [-0.39, 0.29) is 13.2 Å². The molecule has 2 rings (SSSR count). The maximum atomic E-state index is 8.97. The molecular weight excluding hydrogens is 192 g/mol. The van der Waals surface area contributed by atoms with Gasteiger partial charge in [0.15, 0.2) is 0 Å². The van der Waals surface area contributed by atoms with E-state index in [0.29, 0.717) is 12.6 Å². The highest BCUT2D eigenvalue weighted by atomic mass is 16.3. The van der Waals surface area contributed by atoms with E-state index in [4.69, 9.17) is 10.2 Å². The van der Waals surface area contributed by atoms with Crippen LogP contribution in [0, 0.1) is 0 Å². The topological polar surface area (TPSA) is 56.6 Å². The van der Waals surface area contributed by atoms with Gasteiger partial charge in [-0.15, -0.1) is 0 Å². The van der Waals surface area contributed by atoms with E-state index < -0.39 is 0 Å². The normalized spacial score (nSPS) is 15.3. The number of hydrogen-bond donors (Lipinski definition) is 2. The molecule has 0 spiro atoms. The third-order valence-electron chi connectivity index (χ3n) is 2.61. The van der Waals surface area contributed by atoms with Crippen molar-refractivity contribution >= 4 is 5.82 Å². The number of anilines is 1. The second-order valence-electron chi connectivity index (χ2n) is 3.83. The molecule has 82 valence electrons. The molecule has 0 aliphatic heterocycles. The smallest absolute Gasteiger partial charge is 0.128 e. The zero-order valence-electron chi connectivity index (χ0n) is 8.63. The Kier molecular flexibility index (Phi) is 3.18. The Hall–Kier alpha value is -1.13. The van der Waals surface area contributed by atoms with Crippen LogP contribution in [0.5, 0.6) is 0 Å². The van der Waals surface area contributed by atoms with Gasteiger partial charge in [0.25, 0.3) is 0 Å². The predicted octanol–water partition coefficient (Wildman–Crippen LogP) is 0.535. The number of nitrogens with zero attached hydrogens (tertiary/aromatic N) is 2. The highest BCUT2D eigenvalue weighted by Crippen LogP contribution is 2.30. The van der Waals surface area contributed by atoms with Crippen molar-refractivity contribution in [2.75, 3.05) is 18.1 Å². The molecule has 1 aliphatic rings. The van der Waals surface area contributed by atoms with Crippen molar-refractivity contribution in [3.8, 4) is 0 Å². The van der Waals surface area contributed by atoms with Gasteiger partial charge in [0.1, 0.15) is 5.82 Å². The maximum Gasteiger partial charge on any atom is 0.128 e. The lowest BCUT2D eigenvalue weighted by Gasteiger charge is -2.22. The first-order valence-electron chi connectivity index (χ1n) is 5.28. The third-order valence-corrected chi connectivity index (χ3v) is 2.61. The largest absolute Gasteiger partial charge is 0.395 e. The van der Waals surface area contributed by atoms with Gasteiger partial charge in [-0.1, -0.05) is 6.07 Å². The van der Waals surface area contributed by atoms with Crippen LogP contribution in [0.15, 0.2) is 18.3 Å². The van der Waals surface area contributed by atoms with E-state index >= 15 is 0 Å². The molecule has 0 aromatic carbocycles. The summed E-state index contributed by atoms with van der Waals surface area (Å²) in [6.45, 7) is 0.812. The number of pyridine rings is 1. The van der Waals surface area contributed by atoms with Crippen LogP contribution >= 0.6 is 0 Å². The first-order chi connectivity index (χ1) is 7.35. The number of aliphatic hydroxyl groups excluding tert-OH is 2. The molecule has 1 saturated carbocycles. The maximum absolute atomic E-state index is 8.97. The summed E-state index contributed by atoms with van der Waals surface area (Å²) >= 11 is 0. The zero-order valence-corrected chi connectivity index (χ0v) is 8.63. The summed E-state index contributed by atoms with van der Waals surface area (Å²) in [5, 5.41) is 17.9. The molecule has 1 heterocycles. The molecule has 4 nitrogen and oxygen atoms in total. The molecule has 0 radical (unpaired) electrons. The van der Waals surface area contributed by atoms with E-state index in [2.05, 4.69) is 9.88 Å². The van der Waals surface area contributed by atoms with Gasteiger partial charge in [0.05, 0.1) is 13.2 Å². The Balaban J connectivity index is 2.10. The Morgan fingerprint density at radius 1 is 1.33 bits per heavy atom. The van der Waals surface area contributed by atoms with Crippen molar-refractivity contribution in [3.05, 3.63) is 23.9 Å². The van der Waals surface area contributed by atoms with Gasteiger partial charge in [0.2, 0.25) is 0 Å². The fourth-order valence-electron chi connectivity index (χ4n) is 1.66. The highest BCUT2D eigenvalue weighted by Gasteiger charge is 2.29. The van der Waals surface area contributed by atoms with Crippen LogP contribution in [0.25, 0.3) is 0 Å². The molecule has 0 saturated heterocycles. The Labute approximate surface area is 89.2 Å². The Morgan fingerprint density at radius 2 is 2.13 bits per heavy atom. The second-order valence-corrected chi connectivity index (χ2v) is 3.83. The molecule has 0 bridgehead atoms. The lowest BCUT2D eigenvalue weighted by molar-refractivity contribution is 0.281. The first-order valence-corrected chi connectivity index (χ1v) is 5.28. The van der Waals surface area contributed by atoms with E-state index in [9.17, 15) is 0 Å². The van der Waals surface area contributed by atoms with Gasteiger partial charge in [-0.3, -0.25) is 0 Å². The fraction of sp³-hybridized carbons (Fsp3) is 0.545. The summed E-state index contributed by atoms with van der Waals surface area (Å²) in [4.78, 5) is 6.41. The van der Waals surface area contributed by atoms with Crippen molar-refractivity contribution in [2.45, 2.75) is 25.5 Å². The molecule has 1 aromatic heterocycles. The summed E-state index contributed by atoms with van der Waals surface area (Å²) in [6.07, 6.45) is 4.05. The second kappa shape index (κ2) is 4.59. The molecular formula is C11H16N2O2. The van der Waals surface area contributed by atoms with E-state index in [1.165, 1.54) is 12.8 Å². The molecule has 2 N–H and O–H groups in total. The monoisotopic (exact) mass is 208 g/mol. The SMILES string of the molecule is OCCN(c1ccc(CO)cn1)C1CC1. The van der Waals surface area contributed by atoms with Gasteiger partial charge < -0.3 is 15.1 Å². The summed E-state index contributed by atoms with van der Waals surface area (Å²) in [5.74, 6) is 0.892. The summed E-state index contributed by atoms with van der Waals surface area (Å²) < 4.78 is 0. The molecule has 0 unspecified atom stereocenters. The summed E-state index contributed by atoms with van der Waals surface area (Å²) in [7, 11) is 0. The van der Waals surface area contributed by atoms with Gasteiger partial charge >= 0.3 is 0 Å². The highest BCUT2D eigenvalue weighted by molar-refractivity contribution is 5.42. The number of rotatable bonds is 5. The van der Waals surface area contributed by atoms with Crippen LogP contribution in [0.4, 0.5) is 5.82 Å². The van der Waals surface area contributed by atoms with Crippen LogP contribution in [0.3, 0.4) is 0 Å². The van der Waals surface area contributed by atoms with Gasteiger partial charge in [-0.05, 0) is 24.5 Å². The van der Waals surface area contributed by atoms with Crippen molar-refractivity contribution in [1.82, 2.24) is 4.98 Å². The standard InChI is InChI=1S/C11H16N2O2/c14-6-5-13(10-2-3-10)11-4-1-9(8-15)7-12-11/h1,4,7,10,14-15H,2-3,5-6,8H2. The minimum Gasteiger partial charge on any atom is -0.395 e. The third kappa shape index (κ3) is 2.46. The van der Waals surface area contributed by atoms with Crippen LogP contribution < -0.4 is 4.90 Å². The molecule has 1 fully saturated rings. The zero-order chi connectivity index (χ0) is 10.7. The molecule has 4 heteroatoms. The number of hydrogen-bond acceptors (Lipinski definition) is 4. The summed E-state index contributed by atoms with van der Waals surface area (Å²) in [6, 6.07) is 4.32. The predicted molar refractivity (Wildman–Crippen MR) is 57.6 cm³/mol. The minimum atomic E-state index is 0.0245. The van der Waals surface area contributed by atoms with Crippen LogP contribution in [-0.4, -0.2) is 34.4 Å². The average Bonchev–Trinajstić information content (AvgIpc) is 3.10. The van der Waals surface area contributed by atoms with Gasteiger partial charge in [-0.2, -0.15) is 0 Å². The Morgan fingerprint density at radius 3 is 2.60 bits per heavy atom. The number of aromatic nitrogens is 1. The summed E-state index contributed by atoms with van der Waals surface area (Å²) in [5.41, 5.74) is 0.818. The molecule has 15 heavy (non-hydrogen) atoms. The van der Waals surface area contributed by atoms with Crippen LogP contribution in [0.2, 0.25) is 0 Å². The average molecular weight is 208 g/mol. The minimum absolute atomic E-state index is 0.0245. The first kappa shape index (κ1) is 10.4.